The molecule has 4 nitrogen and oxygen atoms in total. The van der Waals surface area contributed by atoms with E-state index < -0.39 is 6.10 Å². The van der Waals surface area contributed by atoms with Gasteiger partial charge in [-0.05, 0) is 49.7 Å². The lowest BCUT2D eigenvalue weighted by Gasteiger charge is -2.17. The van der Waals surface area contributed by atoms with Crippen LogP contribution in [0, 0.1) is 12.7 Å². The third-order valence-corrected chi connectivity index (χ3v) is 3.45. The van der Waals surface area contributed by atoms with Gasteiger partial charge in [0.1, 0.15) is 23.9 Å². The summed E-state index contributed by atoms with van der Waals surface area (Å²) in [6, 6.07) is 13.3. The molecule has 0 saturated heterocycles. The van der Waals surface area contributed by atoms with E-state index in [0.717, 1.165) is 5.56 Å². The molecule has 0 unspecified atom stereocenters. The highest BCUT2D eigenvalue weighted by Crippen LogP contribution is 2.15. The molecule has 2 aromatic rings. The number of amides is 1. The van der Waals surface area contributed by atoms with Crippen LogP contribution >= 0.6 is 0 Å². The largest absolute Gasteiger partial charge is 0.492 e. The molecule has 1 N–H and O–H groups in total. The van der Waals surface area contributed by atoms with Gasteiger partial charge in [-0.15, -0.1) is 0 Å². The molecule has 2 aromatic carbocycles. The minimum absolute atomic E-state index is 0.180. The molecule has 0 aliphatic heterocycles. The lowest BCUT2D eigenvalue weighted by atomic mass is 10.2. The second-order valence-corrected chi connectivity index (χ2v) is 5.42. The highest BCUT2D eigenvalue weighted by Gasteiger charge is 2.17. The molecule has 24 heavy (non-hydrogen) atoms. The molecule has 0 aromatic heterocycles. The minimum Gasteiger partial charge on any atom is -0.492 e. The fourth-order valence-electron chi connectivity index (χ4n) is 2.09. The number of ether oxygens (including phenoxy) is 2. The van der Waals surface area contributed by atoms with E-state index in [2.05, 4.69) is 5.32 Å². The summed E-state index contributed by atoms with van der Waals surface area (Å²) in [5, 5.41) is 2.78. The average molecular weight is 331 g/mol. The van der Waals surface area contributed by atoms with Crippen molar-refractivity contribution in [2.75, 3.05) is 13.2 Å². The van der Waals surface area contributed by atoms with Crippen LogP contribution < -0.4 is 14.8 Å². The van der Waals surface area contributed by atoms with E-state index in [1.165, 1.54) is 12.1 Å². The van der Waals surface area contributed by atoms with Crippen LogP contribution in [0.1, 0.15) is 18.9 Å². The number of carbonyl (C=O) groups excluding carboxylic acids is 1. The summed E-state index contributed by atoms with van der Waals surface area (Å²) in [5.74, 6) is 0.745. The molecule has 0 heterocycles. The van der Waals surface area contributed by atoms with Crippen LogP contribution in [0.2, 0.25) is 0 Å². The standard InChI is InChI=1S/C19H22FNO3/c1-3-18(24-17-8-4-14(2)5-9-17)19(22)21-12-13-23-16-10-6-15(20)7-11-16/h4-11,18H,3,12-13H2,1-2H3,(H,21,22)/t18-/m1/s1. The van der Waals surface area contributed by atoms with Crippen LogP contribution in [-0.4, -0.2) is 25.2 Å². The molecule has 2 rings (SSSR count). The fraction of sp³-hybridized carbons (Fsp3) is 0.316. The predicted molar refractivity (Wildman–Crippen MR) is 90.8 cm³/mol. The van der Waals surface area contributed by atoms with Gasteiger partial charge in [0.2, 0.25) is 0 Å². The number of nitrogens with one attached hydrogen (secondary N) is 1. The van der Waals surface area contributed by atoms with Crippen LogP contribution in [-0.2, 0) is 4.79 Å². The fourth-order valence-corrected chi connectivity index (χ4v) is 2.09. The Bertz CT molecular complexity index is 641. The summed E-state index contributed by atoms with van der Waals surface area (Å²) in [7, 11) is 0. The van der Waals surface area contributed by atoms with Crippen molar-refractivity contribution in [3.05, 3.63) is 59.9 Å². The molecule has 0 saturated carbocycles. The maximum absolute atomic E-state index is 12.8. The highest BCUT2D eigenvalue weighted by molar-refractivity contribution is 5.81. The van der Waals surface area contributed by atoms with Crippen LogP contribution in [0.3, 0.4) is 0 Å². The van der Waals surface area contributed by atoms with E-state index in [-0.39, 0.29) is 11.7 Å². The van der Waals surface area contributed by atoms with E-state index in [4.69, 9.17) is 9.47 Å². The summed E-state index contributed by atoms with van der Waals surface area (Å²) in [6.07, 6.45) is 0.0250. The topological polar surface area (TPSA) is 47.6 Å². The maximum Gasteiger partial charge on any atom is 0.261 e. The number of aryl methyl sites for hydroxylation is 1. The number of benzene rings is 2. The van der Waals surface area contributed by atoms with Gasteiger partial charge in [0.05, 0.1) is 6.54 Å². The van der Waals surface area contributed by atoms with Crippen LogP contribution in [0.5, 0.6) is 11.5 Å². The van der Waals surface area contributed by atoms with Crippen molar-refractivity contribution >= 4 is 5.91 Å². The molecule has 1 atom stereocenters. The van der Waals surface area contributed by atoms with E-state index >= 15 is 0 Å². The van der Waals surface area contributed by atoms with Crippen molar-refractivity contribution in [2.24, 2.45) is 0 Å². The normalized spacial score (nSPS) is 11.6. The molecule has 0 aliphatic carbocycles. The Morgan fingerprint density at radius 3 is 2.33 bits per heavy atom. The van der Waals surface area contributed by atoms with E-state index in [1.807, 2.05) is 38.1 Å². The third kappa shape index (κ3) is 5.57. The first-order valence-corrected chi connectivity index (χ1v) is 7.98. The quantitative estimate of drug-likeness (QED) is 0.753. The second kappa shape index (κ2) is 8.91. The third-order valence-electron chi connectivity index (χ3n) is 3.45. The highest BCUT2D eigenvalue weighted by atomic mass is 19.1. The van der Waals surface area contributed by atoms with E-state index in [9.17, 15) is 9.18 Å². The Balaban J connectivity index is 1.75. The molecule has 128 valence electrons. The van der Waals surface area contributed by atoms with Crippen molar-refractivity contribution in [2.45, 2.75) is 26.4 Å². The first-order chi connectivity index (χ1) is 11.6. The van der Waals surface area contributed by atoms with E-state index in [1.54, 1.807) is 12.1 Å². The monoisotopic (exact) mass is 331 g/mol. The van der Waals surface area contributed by atoms with Gasteiger partial charge in [-0.25, -0.2) is 4.39 Å². The second-order valence-electron chi connectivity index (χ2n) is 5.42. The summed E-state index contributed by atoms with van der Waals surface area (Å²) in [6.45, 7) is 4.55. The Morgan fingerprint density at radius 1 is 1.08 bits per heavy atom. The smallest absolute Gasteiger partial charge is 0.261 e. The van der Waals surface area contributed by atoms with Crippen LogP contribution in [0.15, 0.2) is 48.5 Å². The molecule has 0 spiro atoms. The lowest BCUT2D eigenvalue weighted by molar-refractivity contribution is -0.128. The Kier molecular flexibility index (Phi) is 6.61. The lowest BCUT2D eigenvalue weighted by Crippen LogP contribution is -2.39. The van der Waals surface area contributed by atoms with Gasteiger partial charge >= 0.3 is 0 Å². The zero-order chi connectivity index (χ0) is 17.4. The first-order valence-electron chi connectivity index (χ1n) is 7.98. The maximum atomic E-state index is 12.8. The summed E-state index contributed by atoms with van der Waals surface area (Å²) >= 11 is 0. The van der Waals surface area contributed by atoms with Gasteiger partial charge in [0, 0.05) is 0 Å². The van der Waals surface area contributed by atoms with Crippen molar-refractivity contribution in [1.82, 2.24) is 5.32 Å². The molecule has 0 bridgehead atoms. The number of hydrogen-bond donors (Lipinski definition) is 1. The van der Waals surface area contributed by atoms with Crippen LogP contribution in [0.4, 0.5) is 4.39 Å². The van der Waals surface area contributed by atoms with Crippen molar-refractivity contribution in [3.63, 3.8) is 0 Å². The zero-order valence-corrected chi connectivity index (χ0v) is 13.9. The molecule has 1 amide bonds. The number of rotatable bonds is 8. The van der Waals surface area contributed by atoms with Gasteiger partial charge in [-0.2, -0.15) is 0 Å². The minimum atomic E-state index is -0.543. The zero-order valence-electron chi connectivity index (χ0n) is 13.9. The van der Waals surface area contributed by atoms with Gasteiger partial charge < -0.3 is 14.8 Å². The summed E-state index contributed by atoms with van der Waals surface area (Å²) < 4.78 is 23.9. The Hall–Kier alpha value is -2.56. The SMILES string of the molecule is CC[C@@H](Oc1ccc(C)cc1)C(=O)NCCOc1ccc(F)cc1. The Labute approximate surface area is 141 Å². The van der Waals surface area contributed by atoms with Crippen molar-refractivity contribution < 1.29 is 18.7 Å². The Morgan fingerprint density at radius 2 is 1.71 bits per heavy atom. The summed E-state index contributed by atoms with van der Waals surface area (Å²) in [5.41, 5.74) is 1.14. The van der Waals surface area contributed by atoms with Gasteiger partial charge in [-0.1, -0.05) is 24.6 Å². The molecule has 0 aliphatic rings. The number of hydrogen-bond acceptors (Lipinski definition) is 3. The van der Waals surface area contributed by atoms with Crippen molar-refractivity contribution in [3.8, 4) is 11.5 Å². The number of carbonyl (C=O) groups is 1. The van der Waals surface area contributed by atoms with Crippen LogP contribution in [0.25, 0.3) is 0 Å². The molecular formula is C19H22FNO3. The van der Waals surface area contributed by atoms with E-state index in [0.29, 0.717) is 31.1 Å². The molecule has 0 fully saturated rings. The predicted octanol–water partition coefficient (Wildman–Crippen LogP) is 3.49. The van der Waals surface area contributed by atoms with Gasteiger partial charge in [0.25, 0.3) is 5.91 Å². The number of halogens is 1. The molecular weight excluding hydrogens is 309 g/mol. The van der Waals surface area contributed by atoms with Gasteiger partial charge in [0.15, 0.2) is 6.10 Å². The first kappa shape index (κ1) is 17.8. The molecule has 5 heteroatoms. The van der Waals surface area contributed by atoms with Gasteiger partial charge in [-0.3, -0.25) is 4.79 Å². The molecule has 0 radical (unpaired) electrons. The summed E-state index contributed by atoms with van der Waals surface area (Å²) in [4.78, 5) is 12.2. The van der Waals surface area contributed by atoms with Crippen molar-refractivity contribution in [1.29, 1.82) is 0 Å². The average Bonchev–Trinajstić information content (AvgIpc) is 2.59.